The third-order valence-corrected chi connectivity index (χ3v) is 5.77. The van der Waals surface area contributed by atoms with Crippen molar-refractivity contribution in [1.82, 2.24) is 15.0 Å². The quantitative estimate of drug-likeness (QED) is 0.685. The number of hydrogen-bond acceptors (Lipinski definition) is 6. The Morgan fingerprint density at radius 1 is 1.31 bits per heavy atom. The van der Waals surface area contributed by atoms with E-state index in [-0.39, 0.29) is 18.3 Å². The zero-order valence-electron chi connectivity index (χ0n) is 15.4. The fourth-order valence-corrected chi connectivity index (χ4v) is 4.20. The molecule has 2 aromatic heterocycles. The van der Waals surface area contributed by atoms with Crippen LogP contribution in [0.25, 0.3) is 10.7 Å². The van der Waals surface area contributed by atoms with Crippen LogP contribution in [0.2, 0.25) is 0 Å². The minimum Gasteiger partial charge on any atom is -0.329 e. The van der Waals surface area contributed by atoms with Crippen LogP contribution in [0.3, 0.4) is 0 Å². The fraction of sp³-hybridized carbons (Fsp3) is 0.316. The summed E-state index contributed by atoms with van der Waals surface area (Å²) in [6.07, 6.45) is -3.95. The lowest BCUT2D eigenvalue weighted by Crippen LogP contribution is -2.36. The molecule has 1 aliphatic rings. The molecule has 0 aliphatic carbocycles. The number of rotatable bonds is 4. The summed E-state index contributed by atoms with van der Waals surface area (Å²) in [6.45, 7) is 3.44. The number of carbonyl (C=O) groups is 1. The van der Waals surface area contributed by atoms with Crippen LogP contribution in [0.1, 0.15) is 21.9 Å². The van der Waals surface area contributed by atoms with Crippen LogP contribution in [0.4, 0.5) is 18.9 Å². The highest BCUT2D eigenvalue weighted by atomic mass is 32.1. The summed E-state index contributed by atoms with van der Waals surface area (Å²) in [6, 6.07) is 9.34. The predicted molar refractivity (Wildman–Crippen MR) is 101 cm³/mol. The van der Waals surface area contributed by atoms with E-state index >= 15 is 0 Å². The second kappa shape index (κ2) is 7.60. The van der Waals surface area contributed by atoms with E-state index in [0.29, 0.717) is 24.4 Å². The molecule has 0 fully saturated rings. The molecule has 0 atom stereocenters. The second-order valence-electron chi connectivity index (χ2n) is 6.85. The second-order valence-corrected chi connectivity index (χ2v) is 7.99. The van der Waals surface area contributed by atoms with Crippen LogP contribution in [0.5, 0.6) is 0 Å². The van der Waals surface area contributed by atoms with Gasteiger partial charge in [-0.05, 0) is 37.1 Å². The van der Waals surface area contributed by atoms with Crippen LogP contribution in [-0.2, 0) is 23.9 Å². The smallest absolute Gasteiger partial charge is 0.329 e. The van der Waals surface area contributed by atoms with Gasteiger partial charge >= 0.3 is 12.1 Å². The number of amides is 1. The average molecular weight is 422 g/mol. The van der Waals surface area contributed by atoms with Gasteiger partial charge in [-0.25, -0.2) is 0 Å². The maximum absolute atomic E-state index is 12.7. The maximum atomic E-state index is 12.7. The van der Waals surface area contributed by atoms with Crippen LogP contribution in [0, 0.1) is 6.92 Å². The Hall–Kier alpha value is -2.72. The Morgan fingerprint density at radius 2 is 2.07 bits per heavy atom. The molecule has 1 amide bonds. The van der Waals surface area contributed by atoms with Crippen molar-refractivity contribution in [2.24, 2.45) is 0 Å². The van der Waals surface area contributed by atoms with E-state index in [0.717, 1.165) is 21.7 Å². The first-order valence-electron chi connectivity index (χ1n) is 8.89. The average Bonchev–Trinajstić information content (AvgIpc) is 3.29. The molecular weight excluding hydrogens is 405 g/mol. The largest absolute Gasteiger partial charge is 0.471 e. The van der Waals surface area contributed by atoms with Gasteiger partial charge in [-0.3, -0.25) is 9.69 Å². The van der Waals surface area contributed by atoms with E-state index in [1.54, 1.807) is 6.07 Å². The van der Waals surface area contributed by atoms with E-state index in [9.17, 15) is 18.0 Å². The van der Waals surface area contributed by atoms with E-state index in [4.69, 9.17) is 0 Å². The Kier molecular flexibility index (Phi) is 5.13. The minimum absolute atomic E-state index is 0.0691. The van der Waals surface area contributed by atoms with Crippen molar-refractivity contribution in [1.29, 1.82) is 0 Å². The maximum Gasteiger partial charge on any atom is 0.471 e. The van der Waals surface area contributed by atoms with Gasteiger partial charge < -0.3 is 9.84 Å². The molecule has 4 rings (SSSR count). The monoisotopic (exact) mass is 422 g/mol. The molecular formula is C19H17F3N4O2S. The fourth-order valence-electron chi connectivity index (χ4n) is 3.12. The lowest BCUT2D eigenvalue weighted by atomic mass is 10.1. The molecule has 0 spiro atoms. The van der Waals surface area contributed by atoms with Gasteiger partial charge in [0.25, 0.3) is 0 Å². The van der Waals surface area contributed by atoms with Gasteiger partial charge in [0, 0.05) is 23.7 Å². The molecule has 29 heavy (non-hydrogen) atoms. The number of nitrogens with zero attached hydrogens (tertiary/aromatic N) is 3. The minimum atomic E-state index is -4.66. The number of fused-ring (bicyclic) bond motifs is 1. The van der Waals surface area contributed by atoms with Gasteiger partial charge in [-0.15, -0.1) is 11.3 Å². The first kappa shape index (κ1) is 19.6. The third kappa shape index (κ3) is 4.48. The number of aromatic nitrogens is 2. The van der Waals surface area contributed by atoms with Crippen LogP contribution >= 0.6 is 11.3 Å². The summed E-state index contributed by atoms with van der Waals surface area (Å²) in [5.74, 6) is -1.53. The first-order valence-corrected chi connectivity index (χ1v) is 9.71. The number of benzene rings is 1. The molecule has 1 aromatic carbocycles. The molecule has 6 nitrogen and oxygen atoms in total. The van der Waals surface area contributed by atoms with Gasteiger partial charge in [0.2, 0.25) is 11.7 Å². The van der Waals surface area contributed by atoms with Crippen molar-refractivity contribution in [3.05, 3.63) is 52.2 Å². The summed E-state index contributed by atoms with van der Waals surface area (Å²) in [5.41, 5.74) is 2.83. The van der Waals surface area contributed by atoms with Crippen LogP contribution in [0.15, 0.2) is 34.9 Å². The lowest BCUT2D eigenvalue weighted by molar-refractivity contribution is -0.159. The Labute approximate surface area is 168 Å². The highest BCUT2D eigenvalue weighted by Crippen LogP contribution is 2.35. The zero-order chi connectivity index (χ0) is 20.6. The van der Waals surface area contributed by atoms with Gasteiger partial charge in [0.1, 0.15) is 0 Å². The predicted octanol–water partition coefficient (Wildman–Crippen LogP) is 4.12. The molecule has 0 radical (unpaired) electrons. The molecule has 3 heterocycles. The molecule has 1 aliphatic heterocycles. The van der Waals surface area contributed by atoms with Crippen molar-refractivity contribution >= 4 is 22.9 Å². The molecule has 1 N–H and O–H groups in total. The van der Waals surface area contributed by atoms with Gasteiger partial charge in [-0.1, -0.05) is 22.9 Å². The molecule has 3 aromatic rings. The third-order valence-electron chi connectivity index (χ3n) is 4.54. The van der Waals surface area contributed by atoms with Crippen molar-refractivity contribution in [3.8, 4) is 10.7 Å². The highest BCUT2D eigenvalue weighted by molar-refractivity contribution is 7.15. The van der Waals surface area contributed by atoms with Crippen molar-refractivity contribution in [2.45, 2.75) is 26.1 Å². The molecule has 0 saturated carbocycles. The molecule has 10 heteroatoms. The number of nitrogens with one attached hydrogen (secondary N) is 1. The number of carbonyl (C=O) groups excluding carboxylic acids is 1. The first-order chi connectivity index (χ1) is 13.8. The summed E-state index contributed by atoms with van der Waals surface area (Å²) in [4.78, 5) is 19.3. The topological polar surface area (TPSA) is 71.3 Å². The Bertz CT molecular complexity index is 1030. The van der Waals surface area contributed by atoms with Crippen molar-refractivity contribution in [3.63, 3.8) is 0 Å². The van der Waals surface area contributed by atoms with E-state index in [1.165, 1.54) is 11.3 Å². The number of alkyl halides is 3. The molecule has 0 saturated heterocycles. The Balaban J connectivity index is 1.40. The lowest BCUT2D eigenvalue weighted by Gasteiger charge is -2.26. The van der Waals surface area contributed by atoms with Crippen LogP contribution in [-0.4, -0.2) is 34.0 Å². The highest BCUT2D eigenvalue weighted by Gasteiger charge is 2.38. The van der Waals surface area contributed by atoms with Crippen LogP contribution < -0.4 is 5.32 Å². The van der Waals surface area contributed by atoms with E-state index in [2.05, 4.69) is 20.0 Å². The normalized spacial score (nSPS) is 14.6. The number of halogens is 3. The number of anilines is 1. The molecule has 152 valence electrons. The summed E-state index contributed by atoms with van der Waals surface area (Å²) < 4.78 is 42.3. The van der Waals surface area contributed by atoms with Crippen molar-refractivity contribution in [2.75, 3.05) is 18.4 Å². The van der Waals surface area contributed by atoms with Crippen molar-refractivity contribution < 1.29 is 22.5 Å². The van der Waals surface area contributed by atoms with Gasteiger partial charge in [0.15, 0.2) is 0 Å². The number of thiophene rings is 1. The summed E-state index contributed by atoms with van der Waals surface area (Å²) in [7, 11) is 0. The van der Waals surface area contributed by atoms with Gasteiger partial charge in [0.05, 0.1) is 11.4 Å². The van der Waals surface area contributed by atoms with E-state index < -0.39 is 12.1 Å². The summed E-state index contributed by atoms with van der Waals surface area (Å²) >= 11 is 1.36. The zero-order valence-corrected chi connectivity index (χ0v) is 16.2. The van der Waals surface area contributed by atoms with E-state index in [1.807, 2.05) is 36.1 Å². The summed E-state index contributed by atoms with van der Waals surface area (Å²) in [5, 5.41) is 6.31. The molecule has 0 bridgehead atoms. The number of aryl methyl sites for hydroxylation is 1. The number of hydrogen-bond donors (Lipinski definition) is 1. The Morgan fingerprint density at radius 3 is 2.76 bits per heavy atom. The SMILES string of the molecule is Cc1ccc(NC(=O)CN2CCc3sc(-c4noc(C(F)(F)F)n4)cc3C2)cc1. The standard InChI is InChI=1S/C19H17F3N4O2S/c1-11-2-4-13(5-3-11)23-16(27)10-26-7-6-14-12(9-26)8-15(29-14)17-24-18(28-25-17)19(20,21)22/h2-5,8H,6-7,9-10H2,1H3,(H,23,27). The molecule has 0 unspecified atom stereocenters. The van der Waals surface area contributed by atoms with Gasteiger partial charge in [-0.2, -0.15) is 18.2 Å².